The minimum absolute atomic E-state index is 0.0684. The number of carbonyl (C=O) groups excluding carboxylic acids is 10. The molecule has 0 spiro atoms. The third kappa shape index (κ3) is 20.1. The summed E-state index contributed by atoms with van der Waals surface area (Å²) in [6.07, 6.45) is -0.0287. The molecule has 2 aromatic carbocycles. The Kier molecular flexibility index (Phi) is 24.3. The first-order valence-corrected chi connectivity index (χ1v) is 24.1. The minimum Gasteiger partial charge on any atom is -0.480 e. The average Bonchev–Trinajstić information content (AvgIpc) is 3.75. The summed E-state index contributed by atoms with van der Waals surface area (Å²) in [7, 11) is 0. The third-order valence-corrected chi connectivity index (χ3v) is 11.5. The molecule has 1 aromatic heterocycles. The van der Waals surface area contributed by atoms with Crippen molar-refractivity contribution in [1.82, 2.24) is 47.5 Å². The number of rotatable bonds is 31. The van der Waals surface area contributed by atoms with Gasteiger partial charge in [0.15, 0.2) is 0 Å². The molecule has 0 radical (unpaired) electrons. The van der Waals surface area contributed by atoms with Crippen molar-refractivity contribution in [2.45, 2.75) is 128 Å². The third-order valence-electron chi connectivity index (χ3n) is 11.5. The lowest BCUT2D eigenvalue weighted by Gasteiger charge is -2.27. The van der Waals surface area contributed by atoms with Crippen molar-refractivity contribution < 1.29 is 68.1 Å². The Bertz CT molecular complexity index is 2500. The highest BCUT2D eigenvalue weighted by molar-refractivity contribution is 6.00. The fourth-order valence-electron chi connectivity index (χ4n) is 7.62. The van der Waals surface area contributed by atoms with Crippen molar-refractivity contribution in [2.24, 2.45) is 29.0 Å². The van der Waals surface area contributed by atoms with Crippen molar-refractivity contribution in [3.05, 3.63) is 71.9 Å². The number of carboxylic acid groups (broad SMARTS) is 1. The van der Waals surface area contributed by atoms with Gasteiger partial charge in [-0.1, -0.05) is 76.2 Å². The molecule has 0 saturated heterocycles. The minimum atomic E-state index is -1.82. The van der Waals surface area contributed by atoms with E-state index in [2.05, 4.69) is 42.2 Å². The number of hydrogen-bond acceptors (Lipinski definition) is 14. The molecule has 0 aliphatic heterocycles. The fourth-order valence-corrected chi connectivity index (χ4v) is 7.62. The topological polar surface area (TPSA) is 439 Å². The van der Waals surface area contributed by atoms with Crippen LogP contribution in [0.5, 0.6) is 0 Å². The Hall–Kier alpha value is -7.97. The molecule has 1 heterocycles. The van der Waals surface area contributed by atoms with Crippen LogP contribution in [0.1, 0.15) is 71.4 Å². The number of nitrogens with two attached hydrogens (primary N) is 3. The zero-order chi connectivity index (χ0) is 56.1. The van der Waals surface area contributed by atoms with E-state index in [0.29, 0.717) is 28.5 Å². The number of primary amides is 2. The van der Waals surface area contributed by atoms with Crippen molar-refractivity contribution in [3.63, 3.8) is 0 Å². The number of H-pyrrole nitrogens is 1. The number of aliphatic hydroxyl groups excluding tert-OH is 2. The molecule has 26 nitrogen and oxygen atoms in total. The van der Waals surface area contributed by atoms with Crippen molar-refractivity contribution in [1.29, 1.82) is 0 Å². The molecule has 0 bridgehead atoms. The maximum atomic E-state index is 14.4. The molecule has 0 aliphatic rings. The molecular weight excluding hydrogens is 981 g/mol. The molecule has 3 aromatic rings. The average molecular weight is 1050 g/mol. The number of aliphatic hydroxyl groups is 2. The van der Waals surface area contributed by atoms with Gasteiger partial charge in [-0.15, -0.1) is 0 Å². The van der Waals surface area contributed by atoms with E-state index < -0.39 is 145 Å². The lowest BCUT2D eigenvalue weighted by atomic mass is 10.00. The largest absolute Gasteiger partial charge is 0.480 e. The molecule has 0 unspecified atom stereocenters. The second-order valence-electron chi connectivity index (χ2n) is 18.8. The first-order valence-electron chi connectivity index (χ1n) is 24.1. The van der Waals surface area contributed by atoms with Crippen LogP contribution >= 0.6 is 0 Å². The molecule has 0 aliphatic carbocycles. The number of aromatic amines is 1. The summed E-state index contributed by atoms with van der Waals surface area (Å²) in [5.41, 5.74) is 18.4. The number of amides is 10. The van der Waals surface area contributed by atoms with E-state index in [9.17, 15) is 68.1 Å². The molecule has 410 valence electrons. The van der Waals surface area contributed by atoms with Crippen LogP contribution in [0.2, 0.25) is 0 Å². The first-order chi connectivity index (χ1) is 35.3. The molecule has 75 heavy (non-hydrogen) atoms. The van der Waals surface area contributed by atoms with Gasteiger partial charge in [0, 0.05) is 29.9 Å². The highest BCUT2D eigenvalue weighted by Gasteiger charge is 2.35. The van der Waals surface area contributed by atoms with Gasteiger partial charge >= 0.3 is 5.97 Å². The highest BCUT2D eigenvalue weighted by atomic mass is 16.4. The van der Waals surface area contributed by atoms with E-state index in [1.807, 2.05) is 19.2 Å². The maximum Gasteiger partial charge on any atom is 0.328 e. The van der Waals surface area contributed by atoms with Crippen LogP contribution < -0.4 is 59.7 Å². The Labute approximate surface area is 432 Å². The Balaban J connectivity index is 1.89. The lowest BCUT2D eigenvalue weighted by molar-refractivity contribution is -0.143. The normalized spacial score (nSPS) is 14.8. The predicted octanol–water partition coefficient (Wildman–Crippen LogP) is -3.91. The monoisotopic (exact) mass is 1050 g/mol. The van der Waals surface area contributed by atoms with Crippen LogP contribution in [0.3, 0.4) is 0 Å². The van der Waals surface area contributed by atoms with Crippen LogP contribution in [0.4, 0.5) is 0 Å². The quantitative estimate of drug-likeness (QED) is 0.0293. The Morgan fingerprint density at radius 3 is 1.44 bits per heavy atom. The second kappa shape index (κ2) is 29.7. The SMILES string of the molecule is CC(C)C[C@H](NC(=O)[C@@H](N)CC(C)C)C(=O)N[C@@H](CC(N)=O)C(=O)N[C@@H](C)C(=O)N[C@@H](CO)C(=O)N[C@@H](Cc1c[nH]c2ccccc12)C(=O)N[C@@H](Cc1ccccc1)C(=O)N[C@@H](CC(N)=O)C(=O)N[C@@H](CO)C(=O)O. The van der Waals surface area contributed by atoms with Crippen LogP contribution in [0.15, 0.2) is 60.8 Å². The predicted molar refractivity (Wildman–Crippen MR) is 270 cm³/mol. The Morgan fingerprint density at radius 2 is 0.920 bits per heavy atom. The standard InChI is InChI=1S/C49H70N12O14/c1-24(2)15-30(50)42(67)55-32(16-25(3)4)44(69)58-35(19-39(51)64)43(68)54-26(5)41(66)60-37(22-62)48(73)57-34(18-28-21-53-31-14-10-9-13-29(28)31)46(71)56-33(17-27-11-7-6-8-12-27)45(70)59-36(20-40(52)65)47(72)61-38(23-63)49(74)75/h6-14,21,24-26,30,32-38,53,62-63H,15-20,22-23,50H2,1-5H3,(H2,51,64)(H2,52,65)(H,54,68)(H,55,67)(H,56,71)(H,57,73)(H,58,69)(H,59,70)(H,60,66)(H,61,72)(H,74,75)/t26-,30-,32-,33-,34-,35-,36-,37-,38-/m0/s1. The lowest BCUT2D eigenvalue weighted by Crippen LogP contribution is -2.61. The van der Waals surface area contributed by atoms with Gasteiger partial charge in [0.2, 0.25) is 59.1 Å². The molecule has 3 rings (SSSR count). The Morgan fingerprint density at radius 1 is 0.493 bits per heavy atom. The summed E-state index contributed by atoms with van der Waals surface area (Å²) in [5.74, 6) is -11.7. The van der Waals surface area contributed by atoms with Crippen molar-refractivity contribution in [3.8, 4) is 0 Å². The molecular formula is C49H70N12O14. The van der Waals surface area contributed by atoms with Gasteiger partial charge in [0.1, 0.15) is 48.3 Å². The van der Waals surface area contributed by atoms with E-state index in [1.54, 1.807) is 74.6 Å². The number of carbonyl (C=O) groups is 11. The van der Waals surface area contributed by atoms with Gasteiger partial charge in [-0.05, 0) is 48.8 Å². The van der Waals surface area contributed by atoms with Gasteiger partial charge in [-0.2, -0.15) is 0 Å². The van der Waals surface area contributed by atoms with Crippen LogP contribution in [0, 0.1) is 11.8 Å². The van der Waals surface area contributed by atoms with Gasteiger partial charge in [-0.25, -0.2) is 4.79 Å². The van der Waals surface area contributed by atoms with Crippen molar-refractivity contribution >= 4 is 75.9 Å². The summed E-state index contributed by atoms with van der Waals surface area (Å²) in [6, 6.07) is 1.37. The number of hydrogen-bond donors (Lipinski definition) is 15. The van der Waals surface area contributed by atoms with Crippen LogP contribution in [0.25, 0.3) is 10.9 Å². The van der Waals surface area contributed by atoms with E-state index >= 15 is 0 Å². The van der Waals surface area contributed by atoms with Gasteiger partial charge < -0.3 is 80.0 Å². The summed E-state index contributed by atoms with van der Waals surface area (Å²) in [6.45, 7) is 6.42. The van der Waals surface area contributed by atoms with E-state index in [1.165, 1.54) is 6.92 Å². The smallest absolute Gasteiger partial charge is 0.328 e. The van der Waals surface area contributed by atoms with Gasteiger partial charge in [-0.3, -0.25) is 47.9 Å². The zero-order valence-corrected chi connectivity index (χ0v) is 42.3. The van der Waals surface area contributed by atoms with E-state index in [4.69, 9.17) is 17.2 Å². The maximum absolute atomic E-state index is 14.4. The summed E-state index contributed by atoms with van der Waals surface area (Å²) in [4.78, 5) is 148. The number of benzene rings is 2. The number of aromatic nitrogens is 1. The highest BCUT2D eigenvalue weighted by Crippen LogP contribution is 2.20. The molecule has 26 heteroatoms. The van der Waals surface area contributed by atoms with E-state index in [0.717, 1.165) is 0 Å². The second-order valence-corrected chi connectivity index (χ2v) is 18.8. The molecule has 0 saturated carbocycles. The summed E-state index contributed by atoms with van der Waals surface area (Å²) in [5, 5.41) is 48.9. The van der Waals surface area contributed by atoms with Crippen LogP contribution in [-0.2, 0) is 65.6 Å². The van der Waals surface area contributed by atoms with Gasteiger partial charge in [0.05, 0.1) is 32.1 Å². The van der Waals surface area contributed by atoms with Crippen molar-refractivity contribution in [2.75, 3.05) is 13.2 Å². The van der Waals surface area contributed by atoms with E-state index in [-0.39, 0.29) is 31.1 Å². The molecule has 9 atom stereocenters. The number of aliphatic carboxylic acids is 1. The zero-order valence-electron chi connectivity index (χ0n) is 42.3. The molecule has 10 amide bonds. The van der Waals surface area contributed by atoms with Crippen LogP contribution in [-0.4, -0.2) is 153 Å². The summed E-state index contributed by atoms with van der Waals surface area (Å²) < 4.78 is 0. The molecule has 18 N–H and O–H groups in total. The summed E-state index contributed by atoms with van der Waals surface area (Å²) >= 11 is 0. The fraction of sp³-hybridized carbons (Fsp3) is 0.490. The van der Waals surface area contributed by atoms with Gasteiger partial charge in [0.25, 0.3) is 0 Å². The first kappa shape index (κ1) is 61.3. The number of carboxylic acids is 1. The number of para-hydroxylation sites is 1. The molecule has 0 fully saturated rings. The number of fused-ring (bicyclic) bond motifs is 1. The number of nitrogens with one attached hydrogen (secondary N) is 9.